The Morgan fingerprint density at radius 3 is 2.67 bits per heavy atom. The average molecular weight is 407 g/mol. The van der Waals surface area contributed by atoms with Crippen molar-refractivity contribution in [1.29, 1.82) is 0 Å². The molecule has 0 bridgehead atoms. The zero-order chi connectivity index (χ0) is 20.9. The minimum Gasteiger partial charge on any atom is -0.490 e. The van der Waals surface area contributed by atoms with Crippen LogP contribution in [0.2, 0.25) is 0 Å². The van der Waals surface area contributed by atoms with Gasteiger partial charge in [0, 0.05) is 25.6 Å². The lowest BCUT2D eigenvalue weighted by Gasteiger charge is -2.30. The third-order valence-corrected chi connectivity index (χ3v) is 5.27. The number of ether oxygens (including phenoxy) is 3. The number of esters is 1. The van der Waals surface area contributed by atoms with Gasteiger partial charge in [-0.15, -0.1) is 0 Å². The number of nitrogens with zero attached hydrogens (tertiary/aromatic N) is 1. The van der Waals surface area contributed by atoms with E-state index in [2.05, 4.69) is 6.07 Å². The fourth-order valence-electron chi connectivity index (χ4n) is 3.65. The van der Waals surface area contributed by atoms with Crippen LogP contribution in [0.15, 0.2) is 48.5 Å². The highest BCUT2D eigenvalue weighted by Gasteiger charge is 2.26. The lowest BCUT2D eigenvalue weighted by atomic mass is 9.99. The van der Waals surface area contributed by atoms with E-state index in [0.29, 0.717) is 37.8 Å². The molecule has 0 saturated carbocycles. The molecular formula is C24H25NO5. The molecule has 0 spiro atoms. The van der Waals surface area contributed by atoms with E-state index in [-0.39, 0.29) is 5.91 Å². The second-order valence-corrected chi connectivity index (χ2v) is 7.45. The summed E-state index contributed by atoms with van der Waals surface area (Å²) < 4.78 is 16.6. The van der Waals surface area contributed by atoms with Gasteiger partial charge in [0.1, 0.15) is 0 Å². The second kappa shape index (κ2) is 9.03. The van der Waals surface area contributed by atoms with Crippen molar-refractivity contribution in [3.63, 3.8) is 0 Å². The number of carbonyl (C=O) groups excluding carboxylic acids is 2. The summed E-state index contributed by atoms with van der Waals surface area (Å²) >= 11 is 0. The van der Waals surface area contributed by atoms with Crippen LogP contribution in [0.3, 0.4) is 0 Å². The summed E-state index contributed by atoms with van der Waals surface area (Å²) in [5, 5.41) is 0. The van der Waals surface area contributed by atoms with Crippen molar-refractivity contribution in [2.24, 2.45) is 0 Å². The quantitative estimate of drug-likeness (QED) is 0.574. The van der Waals surface area contributed by atoms with E-state index in [9.17, 15) is 9.59 Å². The van der Waals surface area contributed by atoms with Crippen molar-refractivity contribution in [2.75, 3.05) is 19.8 Å². The topological polar surface area (TPSA) is 65.1 Å². The van der Waals surface area contributed by atoms with Gasteiger partial charge in [0.15, 0.2) is 17.6 Å². The Morgan fingerprint density at radius 1 is 1.07 bits per heavy atom. The molecule has 0 radical (unpaired) electrons. The third-order valence-electron chi connectivity index (χ3n) is 5.27. The number of fused-ring (bicyclic) bond motifs is 2. The minimum absolute atomic E-state index is 0.179. The molecular weight excluding hydrogens is 382 g/mol. The Morgan fingerprint density at radius 2 is 1.83 bits per heavy atom. The van der Waals surface area contributed by atoms with E-state index in [0.717, 1.165) is 24.0 Å². The number of hydrogen-bond donors (Lipinski definition) is 0. The van der Waals surface area contributed by atoms with Gasteiger partial charge in [-0.2, -0.15) is 0 Å². The lowest BCUT2D eigenvalue weighted by molar-refractivity contribution is -0.155. The Bertz CT molecular complexity index is 968. The molecule has 2 aliphatic heterocycles. The molecule has 1 amide bonds. The third kappa shape index (κ3) is 4.64. The number of hydrogen-bond acceptors (Lipinski definition) is 5. The van der Waals surface area contributed by atoms with Crippen LogP contribution in [-0.4, -0.2) is 42.6 Å². The summed E-state index contributed by atoms with van der Waals surface area (Å²) in [6, 6.07) is 13.6. The van der Waals surface area contributed by atoms with Crippen molar-refractivity contribution in [2.45, 2.75) is 32.4 Å². The summed E-state index contributed by atoms with van der Waals surface area (Å²) in [6.45, 7) is 4.02. The normalized spacial score (nSPS) is 16.5. The van der Waals surface area contributed by atoms with Gasteiger partial charge >= 0.3 is 5.97 Å². The van der Waals surface area contributed by atoms with E-state index in [4.69, 9.17) is 14.2 Å². The first kappa shape index (κ1) is 20.0. The van der Waals surface area contributed by atoms with Crippen LogP contribution in [0.25, 0.3) is 6.08 Å². The van der Waals surface area contributed by atoms with Crippen LogP contribution >= 0.6 is 0 Å². The molecule has 2 aromatic carbocycles. The number of benzene rings is 2. The molecule has 30 heavy (non-hydrogen) atoms. The fraction of sp³-hybridized carbons (Fsp3) is 0.333. The molecule has 156 valence electrons. The van der Waals surface area contributed by atoms with Crippen LogP contribution < -0.4 is 9.47 Å². The van der Waals surface area contributed by atoms with Gasteiger partial charge in [0.2, 0.25) is 0 Å². The molecule has 0 aromatic heterocycles. The van der Waals surface area contributed by atoms with E-state index < -0.39 is 12.1 Å². The van der Waals surface area contributed by atoms with Gasteiger partial charge in [-0.05, 0) is 48.2 Å². The summed E-state index contributed by atoms with van der Waals surface area (Å²) in [5.74, 6) is 0.633. The first-order valence-electron chi connectivity index (χ1n) is 10.2. The average Bonchev–Trinajstić information content (AvgIpc) is 3.01. The highest BCUT2D eigenvalue weighted by Crippen LogP contribution is 2.30. The molecule has 1 atom stereocenters. The standard InChI is InChI=1S/C24H25NO5/c1-17(24(27)25-12-11-19-5-2-3-6-20(19)16-25)30-23(26)10-8-18-7-9-21-22(15-18)29-14-4-13-28-21/h2-3,5-10,15,17H,4,11-14,16H2,1H3/b10-8+/t17-/m0/s1. The van der Waals surface area contributed by atoms with Crippen LogP contribution in [0.4, 0.5) is 0 Å². The second-order valence-electron chi connectivity index (χ2n) is 7.45. The van der Waals surface area contributed by atoms with E-state index >= 15 is 0 Å². The largest absolute Gasteiger partial charge is 0.490 e. The predicted octanol–water partition coefficient (Wildman–Crippen LogP) is 3.38. The smallest absolute Gasteiger partial charge is 0.331 e. The van der Waals surface area contributed by atoms with Crippen LogP contribution in [0.5, 0.6) is 11.5 Å². The summed E-state index contributed by atoms with van der Waals surface area (Å²) in [5.41, 5.74) is 3.21. The summed E-state index contributed by atoms with van der Waals surface area (Å²) in [4.78, 5) is 26.7. The minimum atomic E-state index is -0.837. The van der Waals surface area contributed by atoms with Gasteiger partial charge in [0.05, 0.1) is 13.2 Å². The lowest BCUT2D eigenvalue weighted by Crippen LogP contribution is -2.42. The zero-order valence-electron chi connectivity index (χ0n) is 17.0. The van der Waals surface area contributed by atoms with Gasteiger partial charge in [0.25, 0.3) is 5.91 Å². The molecule has 0 aliphatic carbocycles. The SMILES string of the molecule is C[C@H](OC(=O)/C=C/c1ccc2c(c1)OCCCO2)C(=O)N1CCc2ccccc2C1. The summed E-state index contributed by atoms with van der Waals surface area (Å²) in [7, 11) is 0. The molecule has 0 fully saturated rings. The van der Waals surface area contributed by atoms with Crippen molar-refractivity contribution >= 4 is 18.0 Å². The van der Waals surface area contributed by atoms with Gasteiger partial charge in [-0.3, -0.25) is 4.79 Å². The number of rotatable bonds is 4. The molecule has 0 saturated heterocycles. The molecule has 4 rings (SSSR count). The molecule has 2 aliphatic rings. The van der Waals surface area contributed by atoms with Crippen LogP contribution in [0.1, 0.15) is 30.0 Å². The summed E-state index contributed by atoms with van der Waals surface area (Å²) in [6.07, 6.45) is 3.78. The number of amides is 1. The van der Waals surface area contributed by atoms with Gasteiger partial charge in [-0.25, -0.2) is 4.79 Å². The van der Waals surface area contributed by atoms with Crippen molar-refractivity contribution in [1.82, 2.24) is 4.90 Å². The molecule has 0 unspecified atom stereocenters. The van der Waals surface area contributed by atoms with E-state index in [1.807, 2.05) is 36.4 Å². The maximum atomic E-state index is 12.7. The maximum Gasteiger partial charge on any atom is 0.331 e. The van der Waals surface area contributed by atoms with Crippen LogP contribution in [0, 0.1) is 0 Å². The zero-order valence-corrected chi connectivity index (χ0v) is 17.0. The fourth-order valence-corrected chi connectivity index (χ4v) is 3.65. The first-order valence-corrected chi connectivity index (χ1v) is 10.2. The van der Waals surface area contributed by atoms with Crippen LogP contribution in [-0.2, 0) is 27.3 Å². The molecule has 6 heteroatoms. The van der Waals surface area contributed by atoms with E-state index in [1.54, 1.807) is 17.9 Å². The van der Waals surface area contributed by atoms with Crippen molar-refractivity contribution in [3.8, 4) is 11.5 Å². The van der Waals surface area contributed by atoms with Crippen molar-refractivity contribution in [3.05, 3.63) is 65.2 Å². The molecule has 2 heterocycles. The van der Waals surface area contributed by atoms with E-state index in [1.165, 1.54) is 11.6 Å². The van der Waals surface area contributed by atoms with Gasteiger partial charge < -0.3 is 19.1 Å². The molecule has 0 N–H and O–H groups in total. The Labute approximate surface area is 176 Å². The predicted molar refractivity (Wildman–Crippen MR) is 112 cm³/mol. The first-order chi connectivity index (χ1) is 14.6. The Hall–Kier alpha value is -3.28. The Kier molecular flexibility index (Phi) is 6.02. The monoisotopic (exact) mass is 407 g/mol. The maximum absolute atomic E-state index is 12.7. The molecule has 2 aromatic rings. The highest BCUT2D eigenvalue weighted by molar-refractivity contribution is 5.90. The van der Waals surface area contributed by atoms with Gasteiger partial charge in [-0.1, -0.05) is 30.3 Å². The molecule has 6 nitrogen and oxygen atoms in total. The number of carbonyl (C=O) groups is 2. The van der Waals surface area contributed by atoms with Crippen molar-refractivity contribution < 1.29 is 23.8 Å². The Balaban J connectivity index is 1.33. The highest BCUT2D eigenvalue weighted by atomic mass is 16.5.